The van der Waals surface area contributed by atoms with E-state index in [0.717, 1.165) is 5.56 Å². The van der Waals surface area contributed by atoms with Gasteiger partial charge in [0.15, 0.2) is 0 Å². The van der Waals surface area contributed by atoms with Gasteiger partial charge in [0.1, 0.15) is 18.5 Å². The van der Waals surface area contributed by atoms with Crippen molar-refractivity contribution in [1.82, 2.24) is 0 Å². The Labute approximate surface area is 99.9 Å². The lowest BCUT2D eigenvalue weighted by Crippen LogP contribution is -2.21. The molecule has 0 aliphatic carbocycles. The van der Waals surface area contributed by atoms with Crippen LogP contribution >= 0.6 is 11.6 Å². The molecule has 1 aromatic rings. The molecule has 1 aromatic carbocycles. The molecule has 0 amide bonds. The number of aliphatic hydroxyl groups is 2. The van der Waals surface area contributed by atoms with Crippen LogP contribution in [-0.4, -0.2) is 29.5 Å². The van der Waals surface area contributed by atoms with E-state index in [2.05, 4.69) is 6.58 Å². The predicted octanol–water partition coefficient (Wildman–Crippen LogP) is 1.80. The Bertz CT molecular complexity index is 352. The summed E-state index contributed by atoms with van der Waals surface area (Å²) in [5, 5.41) is 18.5. The molecule has 0 radical (unpaired) electrons. The maximum absolute atomic E-state index is 9.17. The van der Waals surface area contributed by atoms with E-state index in [-0.39, 0.29) is 13.2 Å². The van der Waals surface area contributed by atoms with Crippen LogP contribution in [0, 0.1) is 0 Å². The van der Waals surface area contributed by atoms with Crippen molar-refractivity contribution in [2.75, 3.05) is 13.2 Å². The molecule has 0 heterocycles. The van der Waals surface area contributed by atoms with Gasteiger partial charge in [-0.25, -0.2) is 0 Å². The summed E-state index contributed by atoms with van der Waals surface area (Å²) in [6.45, 7) is 3.39. The van der Waals surface area contributed by atoms with Gasteiger partial charge < -0.3 is 14.9 Å². The first-order valence-corrected chi connectivity index (χ1v) is 5.36. The highest BCUT2D eigenvalue weighted by Crippen LogP contribution is 2.23. The maximum Gasteiger partial charge on any atom is 0.123 e. The fourth-order valence-corrected chi connectivity index (χ4v) is 1.44. The zero-order chi connectivity index (χ0) is 12.0. The van der Waals surface area contributed by atoms with Gasteiger partial charge in [-0.05, 0) is 30.2 Å². The van der Waals surface area contributed by atoms with Gasteiger partial charge in [0.2, 0.25) is 0 Å². The van der Waals surface area contributed by atoms with Crippen LogP contribution in [0.1, 0.15) is 5.56 Å². The lowest BCUT2D eigenvalue weighted by molar-refractivity contribution is 0.0533. The molecule has 1 unspecified atom stereocenters. The van der Waals surface area contributed by atoms with Gasteiger partial charge in [-0.2, -0.15) is 0 Å². The molecule has 0 aliphatic heterocycles. The highest BCUT2D eigenvalue weighted by molar-refractivity contribution is 6.30. The third kappa shape index (κ3) is 3.85. The lowest BCUT2D eigenvalue weighted by atomic mass is 10.1. The minimum Gasteiger partial charge on any atom is -0.491 e. The Morgan fingerprint density at radius 3 is 2.88 bits per heavy atom. The van der Waals surface area contributed by atoms with Crippen molar-refractivity contribution in [3.63, 3.8) is 0 Å². The molecule has 0 aliphatic rings. The summed E-state index contributed by atoms with van der Waals surface area (Å²) in [4.78, 5) is 0. The van der Waals surface area contributed by atoms with E-state index in [1.807, 2.05) is 0 Å². The molecule has 0 saturated heterocycles. The van der Waals surface area contributed by atoms with Crippen molar-refractivity contribution in [3.05, 3.63) is 41.4 Å². The van der Waals surface area contributed by atoms with E-state index in [9.17, 15) is 5.11 Å². The Kier molecular flexibility index (Phi) is 5.32. The molecule has 0 fully saturated rings. The number of aliphatic hydroxyl groups excluding tert-OH is 2. The summed E-state index contributed by atoms with van der Waals surface area (Å²) >= 11 is 5.86. The van der Waals surface area contributed by atoms with Crippen molar-refractivity contribution in [1.29, 1.82) is 0 Å². The molecule has 3 nitrogen and oxygen atoms in total. The van der Waals surface area contributed by atoms with Crippen LogP contribution in [0.15, 0.2) is 30.9 Å². The first kappa shape index (κ1) is 13.0. The largest absolute Gasteiger partial charge is 0.491 e. The summed E-state index contributed by atoms with van der Waals surface area (Å²) in [5.41, 5.74) is 0.910. The maximum atomic E-state index is 9.17. The standard InChI is InChI=1S/C12H15ClO3/c1-2-3-9-6-10(13)4-5-12(9)16-8-11(15)7-14/h2,4-6,11,14-15H,1,3,7-8H2. The van der Waals surface area contributed by atoms with E-state index in [1.165, 1.54) is 0 Å². The van der Waals surface area contributed by atoms with Crippen molar-refractivity contribution < 1.29 is 14.9 Å². The topological polar surface area (TPSA) is 49.7 Å². The first-order chi connectivity index (χ1) is 7.67. The minimum atomic E-state index is -0.868. The Balaban J connectivity index is 2.73. The number of halogens is 1. The fourth-order valence-electron chi connectivity index (χ4n) is 1.24. The van der Waals surface area contributed by atoms with Crippen molar-refractivity contribution in [2.24, 2.45) is 0 Å². The Morgan fingerprint density at radius 1 is 1.50 bits per heavy atom. The van der Waals surface area contributed by atoms with Gasteiger partial charge in [0.25, 0.3) is 0 Å². The molecule has 1 rings (SSSR count). The molecule has 88 valence electrons. The normalized spacial score (nSPS) is 12.2. The number of allylic oxidation sites excluding steroid dienone is 1. The zero-order valence-corrected chi connectivity index (χ0v) is 9.65. The van der Waals surface area contributed by atoms with Gasteiger partial charge in [-0.3, -0.25) is 0 Å². The van der Waals surface area contributed by atoms with Gasteiger partial charge in [0.05, 0.1) is 6.61 Å². The number of ether oxygens (including phenoxy) is 1. The number of rotatable bonds is 6. The molecule has 0 aromatic heterocycles. The van der Waals surface area contributed by atoms with Crippen LogP contribution in [0.5, 0.6) is 5.75 Å². The van der Waals surface area contributed by atoms with Crippen LogP contribution in [0.25, 0.3) is 0 Å². The van der Waals surface area contributed by atoms with Crippen molar-refractivity contribution >= 4 is 11.6 Å². The quantitative estimate of drug-likeness (QED) is 0.748. The van der Waals surface area contributed by atoms with E-state index in [0.29, 0.717) is 17.2 Å². The lowest BCUT2D eigenvalue weighted by Gasteiger charge is -2.13. The smallest absolute Gasteiger partial charge is 0.123 e. The van der Waals surface area contributed by atoms with Gasteiger partial charge >= 0.3 is 0 Å². The third-order valence-electron chi connectivity index (χ3n) is 2.03. The fraction of sp³-hybridized carbons (Fsp3) is 0.333. The predicted molar refractivity (Wildman–Crippen MR) is 63.9 cm³/mol. The van der Waals surface area contributed by atoms with E-state index in [1.54, 1.807) is 24.3 Å². The average Bonchev–Trinajstić information content (AvgIpc) is 2.28. The first-order valence-electron chi connectivity index (χ1n) is 4.98. The third-order valence-corrected chi connectivity index (χ3v) is 2.26. The molecule has 1 atom stereocenters. The van der Waals surface area contributed by atoms with Crippen molar-refractivity contribution in [3.8, 4) is 5.75 Å². The second-order valence-electron chi connectivity index (χ2n) is 3.39. The zero-order valence-electron chi connectivity index (χ0n) is 8.90. The van der Waals surface area contributed by atoms with Crippen LogP contribution in [0.2, 0.25) is 5.02 Å². The average molecular weight is 243 g/mol. The Morgan fingerprint density at radius 2 is 2.25 bits per heavy atom. The minimum absolute atomic E-state index is 0.0578. The van der Waals surface area contributed by atoms with Gasteiger partial charge in [-0.1, -0.05) is 17.7 Å². The van der Waals surface area contributed by atoms with Crippen molar-refractivity contribution in [2.45, 2.75) is 12.5 Å². The summed E-state index contributed by atoms with van der Waals surface area (Å²) in [5.74, 6) is 0.650. The van der Waals surface area contributed by atoms with E-state index < -0.39 is 6.10 Å². The molecular formula is C12H15ClO3. The van der Waals surface area contributed by atoms with E-state index >= 15 is 0 Å². The van der Waals surface area contributed by atoms with E-state index in [4.69, 9.17) is 21.4 Å². The summed E-state index contributed by atoms with van der Waals surface area (Å²) in [7, 11) is 0. The highest BCUT2D eigenvalue weighted by atomic mass is 35.5. The molecule has 4 heteroatoms. The second-order valence-corrected chi connectivity index (χ2v) is 3.83. The molecular weight excluding hydrogens is 228 g/mol. The van der Waals surface area contributed by atoms with Gasteiger partial charge in [-0.15, -0.1) is 6.58 Å². The van der Waals surface area contributed by atoms with Crippen LogP contribution in [0.4, 0.5) is 0 Å². The number of hydrogen-bond donors (Lipinski definition) is 2. The molecule has 2 N–H and O–H groups in total. The number of hydrogen-bond acceptors (Lipinski definition) is 3. The summed E-state index contributed by atoms with van der Waals surface area (Å²) < 4.78 is 5.38. The van der Waals surface area contributed by atoms with Crippen LogP contribution in [0.3, 0.4) is 0 Å². The molecule has 0 saturated carbocycles. The highest BCUT2D eigenvalue weighted by Gasteiger charge is 2.07. The molecule has 0 bridgehead atoms. The number of benzene rings is 1. The van der Waals surface area contributed by atoms with Gasteiger partial charge in [0, 0.05) is 5.02 Å². The monoisotopic (exact) mass is 242 g/mol. The van der Waals surface area contributed by atoms with Crippen LogP contribution < -0.4 is 4.74 Å². The summed E-state index contributed by atoms with van der Waals surface area (Å²) in [6.07, 6.45) is 1.53. The summed E-state index contributed by atoms with van der Waals surface area (Å²) in [6, 6.07) is 5.25. The Hall–Kier alpha value is -1.03. The molecule has 16 heavy (non-hydrogen) atoms. The molecule has 0 spiro atoms. The SMILES string of the molecule is C=CCc1cc(Cl)ccc1OCC(O)CO. The second kappa shape index (κ2) is 6.53. The van der Waals surface area contributed by atoms with Crippen LogP contribution in [-0.2, 0) is 6.42 Å².